The molecule has 1 N–H and O–H groups in total. The van der Waals surface area contributed by atoms with Crippen LogP contribution in [-0.2, 0) is 6.18 Å². The summed E-state index contributed by atoms with van der Waals surface area (Å²) in [4.78, 5) is 33.5. The van der Waals surface area contributed by atoms with Crippen molar-refractivity contribution >= 4 is 34.2 Å². The predicted molar refractivity (Wildman–Crippen MR) is 147 cm³/mol. The summed E-state index contributed by atoms with van der Waals surface area (Å²) in [6.07, 6.45) is -3.82. The Kier molecular flexibility index (Phi) is 8.30. The summed E-state index contributed by atoms with van der Waals surface area (Å²) in [5, 5.41) is 3.63. The number of benzene rings is 3. The summed E-state index contributed by atoms with van der Waals surface area (Å²) in [6, 6.07) is 16.8. The molecule has 1 unspecified atom stereocenters. The first kappa shape index (κ1) is 28.2. The minimum atomic E-state index is -4.48. The number of hydrogen-bond acceptors (Lipinski definition) is 3. The number of para-hydroxylation sites is 1. The van der Waals surface area contributed by atoms with E-state index in [2.05, 4.69) is 5.32 Å². The van der Waals surface area contributed by atoms with E-state index < -0.39 is 23.8 Å². The highest BCUT2D eigenvalue weighted by molar-refractivity contribution is 6.30. The molecule has 0 saturated carbocycles. The number of carbonyl (C=O) groups is 1. The summed E-state index contributed by atoms with van der Waals surface area (Å²) in [6.45, 7) is 6.15. The number of fused-ring (bicyclic) bond motifs is 1. The van der Waals surface area contributed by atoms with Gasteiger partial charge < -0.3 is 10.2 Å². The Morgan fingerprint density at radius 3 is 2.26 bits per heavy atom. The molecule has 1 aromatic heterocycles. The molecule has 1 atom stereocenters. The first-order valence-electron chi connectivity index (χ1n) is 12.5. The normalized spacial score (nSPS) is 12.5. The molecule has 0 spiro atoms. The van der Waals surface area contributed by atoms with Gasteiger partial charge in [0.1, 0.15) is 5.82 Å². The Hall–Kier alpha value is -3.85. The molecule has 4 aromatic rings. The molecular formula is C29H28ClF3N4O2. The molecule has 204 valence electrons. The molecule has 6 nitrogen and oxygen atoms in total. The number of rotatable bonds is 7. The van der Waals surface area contributed by atoms with Crippen LogP contribution in [0.25, 0.3) is 16.6 Å². The van der Waals surface area contributed by atoms with E-state index in [0.717, 1.165) is 12.1 Å². The zero-order valence-electron chi connectivity index (χ0n) is 21.7. The Labute approximate surface area is 229 Å². The van der Waals surface area contributed by atoms with Crippen LogP contribution < -0.4 is 10.9 Å². The van der Waals surface area contributed by atoms with Crippen LogP contribution in [0.5, 0.6) is 0 Å². The molecule has 39 heavy (non-hydrogen) atoms. The smallest absolute Gasteiger partial charge is 0.315 e. The molecule has 0 aliphatic carbocycles. The monoisotopic (exact) mass is 556 g/mol. The SMILES string of the molecule is CC(C)CCN(C(=O)Nc1ccc(C(F)(F)F)cc1)C(C)c1nc2ccccc2c(=O)n1-c1ccc(Cl)cc1. The lowest BCUT2D eigenvalue weighted by atomic mass is 10.1. The van der Waals surface area contributed by atoms with Gasteiger partial charge in [-0.3, -0.25) is 9.36 Å². The molecule has 0 fully saturated rings. The van der Waals surface area contributed by atoms with Gasteiger partial charge in [0.15, 0.2) is 0 Å². The van der Waals surface area contributed by atoms with E-state index in [9.17, 15) is 22.8 Å². The first-order valence-corrected chi connectivity index (χ1v) is 12.9. The molecule has 0 aliphatic heterocycles. The maximum Gasteiger partial charge on any atom is 0.416 e. The molecule has 1 heterocycles. The van der Waals surface area contributed by atoms with Crippen molar-refractivity contribution in [3.63, 3.8) is 0 Å². The number of nitrogens with one attached hydrogen (secondary N) is 1. The molecule has 0 aliphatic rings. The number of alkyl halides is 3. The van der Waals surface area contributed by atoms with Crippen molar-refractivity contribution in [1.29, 1.82) is 0 Å². The van der Waals surface area contributed by atoms with Crippen molar-refractivity contribution in [2.45, 2.75) is 39.4 Å². The predicted octanol–water partition coefficient (Wildman–Crippen LogP) is 7.70. The number of amides is 2. The first-order chi connectivity index (χ1) is 18.5. The second-order valence-corrected chi connectivity index (χ2v) is 10.1. The van der Waals surface area contributed by atoms with Crippen LogP contribution >= 0.6 is 11.6 Å². The summed E-state index contributed by atoms with van der Waals surface area (Å²) in [5.41, 5.74) is 0.142. The van der Waals surface area contributed by atoms with Gasteiger partial charge in [-0.05, 0) is 79.9 Å². The lowest BCUT2D eigenvalue weighted by Gasteiger charge is -2.31. The maximum atomic E-state index is 13.7. The van der Waals surface area contributed by atoms with Gasteiger partial charge >= 0.3 is 12.2 Å². The van der Waals surface area contributed by atoms with Crippen molar-refractivity contribution in [1.82, 2.24) is 14.5 Å². The average Bonchev–Trinajstić information content (AvgIpc) is 2.89. The lowest BCUT2D eigenvalue weighted by molar-refractivity contribution is -0.137. The minimum absolute atomic E-state index is 0.219. The van der Waals surface area contributed by atoms with Crippen LogP contribution in [-0.4, -0.2) is 27.0 Å². The van der Waals surface area contributed by atoms with Crippen molar-refractivity contribution in [2.24, 2.45) is 5.92 Å². The summed E-state index contributed by atoms with van der Waals surface area (Å²) < 4.78 is 40.4. The third-order valence-electron chi connectivity index (χ3n) is 6.40. The highest BCUT2D eigenvalue weighted by Gasteiger charge is 2.31. The highest BCUT2D eigenvalue weighted by atomic mass is 35.5. The second kappa shape index (κ2) is 11.5. The summed E-state index contributed by atoms with van der Waals surface area (Å²) in [5.74, 6) is 0.605. The van der Waals surface area contributed by atoms with Crippen molar-refractivity contribution < 1.29 is 18.0 Å². The topological polar surface area (TPSA) is 67.2 Å². The van der Waals surface area contributed by atoms with Gasteiger partial charge in [-0.25, -0.2) is 9.78 Å². The Balaban J connectivity index is 1.77. The van der Waals surface area contributed by atoms with Crippen LogP contribution in [0.1, 0.15) is 44.6 Å². The Morgan fingerprint density at radius 2 is 1.64 bits per heavy atom. The quantitative estimate of drug-likeness (QED) is 0.254. The number of carbonyl (C=O) groups excluding carboxylic acids is 1. The van der Waals surface area contributed by atoms with E-state index >= 15 is 0 Å². The number of halogens is 4. The number of urea groups is 1. The van der Waals surface area contributed by atoms with Crippen molar-refractivity contribution in [3.05, 3.63) is 99.6 Å². The van der Waals surface area contributed by atoms with Crippen LogP contribution in [0.15, 0.2) is 77.6 Å². The average molecular weight is 557 g/mol. The molecule has 10 heteroatoms. The molecule has 0 radical (unpaired) electrons. The molecule has 0 bridgehead atoms. The fraction of sp³-hybridized carbons (Fsp3) is 0.276. The van der Waals surface area contributed by atoms with Gasteiger partial charge in [-0.2, -0.15) is 13.2 Å². The number of anilines is 1. The van der Waals surface area contributed by atoms with E-state index in [-0.39, 0.29) is 17.2 Å². The number of hydrogen-bond donors (Lipinski definition) is 1. The van der Waals surface area contributed by atoms with E-state index in [4.69, 9.17) is 16.6 Å². The van der Waals surface area contributed by atoms with Crippen LogP contribution in [0.3, 0.4) is 0 Å². The highest BCUT2D eigenvalue weighted by Crippen LogP contribution is 2.30. The Bertz CT molecular complexity index is 1520. The lowest BCUT2D eigenvalue weighted by Crippen LogP contribution is -2.40. The van der Waals surface area contributed by atoms with Crippen molar-refractivity contribution in [2.75, 3.05) is 11.9 Å². The van der Waals surface area contributed by atoms with Crippen molar-refractivity contribution in [3.8, 4) is 5.69 Å². The van der Waals surface area contributed by atoms with Crippen LogP contribution in [0.2, 0.25) is 5.02 Å². The largest absolute Gasteiger partial charge is 0.416 e. The fourth-order valence-corrected chi connectivity index (χ4v) is 4.34. The molecule has 0 saturated heterocycles. The maximum absolute atomic E-state index is 13.7. The standard InChI is InChI=1S/C29H28ClF3N4O2/c1-18(2)16-17-36(28(39)34-22-12-8-20(9-13-22)29(31,32)33)19(3)26-35-25-7-5-4-6-24(25)27(38)37(26)23-14-10-21(30)11-15-23/h4-15,18-19H,16-17H2,1-3H3,(H,34,39). The zero-order chi connectivity index (χ0) is 28.3. The molecule has 3 aromatic carbocycles. The van der Waals surface area contributed by atoms with Gasteiger partial charge in [-0.15, -0.1) is 0 Å². The van der Waals surface area contributed by atoms with Crippen LogP contribution in [0.4, 0.5) is 23.7 Å². The van der Waals surface area contributed by atoms with E-state index in [1.807, 2.05) is 13.8 Å². The summed E-state index contributed by atoms with van der Waals surface area (Å²) >= 11 is 6.08. The van der Waals surface area contributed by atoms with Gasteiger partial charge in [-0.1, -0.05) is 37.6 Å². The second-order valence-electron chi connectivity index (χ2n) is 9.66. The number of aromatic nitrogens is 2. The van der Waals surface area contributed by atoms with Crippen LogP contribution in [0, 0.1) is 5.92 Å². The zero-order valence-corrected chi connectivity index (χ0v) is 22.4. The Morgan fingerprint density at radius 1 is 1.00 bits per heavy atom. The van der Waals surface area contributed by atoms with E-state index in [1.165, 1.54) is 16.7 Å². The van der Waals surface area contributed by atoms with Gasteiger partial charge in [0.25, 0.3) is 5.56 Å². The summed E-state index contributed by atoms with van der Waals surface area (Å²) in [7, 11) is 0. The van der Waals surface area contributed by atoms with Gasteiger partial charge in [0.2, 0.25) is 0 Å². The molecule has 4 rings (SSSR count). The molecule has 2 amide bonds. The minimum Gasteiger partial charge on any atom is -0.315 e. The van der Waals surface area contributed by atoms with Gasteiger partial charge in [0, 0.05) is 17.3 Å². The number of nitrogens with zero attached hydrogens (tertiary/aromatic N) is 3. The van der Waals surface area contributed by atoms with Gasteiger partial charge in [0.05, 0.1) is 28.2 Å². The third-order valence-corrected chi connectivity index (χ3v) is 6.65. The van der Waals surface area contributed by atoms with E-state index in [0.29, 0.717) is 40.4 Å². The van der Waals surface area contributed by atoms with E-state index in [1.54, 1.807) is 60.4 Å². The third kappa shape index (κ3) is 6.42. The fourth-order valence-electron chi connectivity index (χ4n) is 4.22. The molecular weight excluding hydrogens is 529 g/mol.